The number of amides is 1. The lowest BCUT2D eigenvalue weighted by atomic mass is 10.2. The third-order valence-electron chi connectivity index (χ3n) is 4.09. The molecule has 1 aromatic heterocycles. The van der Waals surface area contributed by atoms with Crippen molar-refractivity contribution in [3.8, 4) is 11.5 Å². The zero-order valence-corrected chi connectivity index (χ0v) is 14.0. The molecule has 1 aliphatic rings. The van der Waals surface area contributed by atoms with Gasteiger partial charge in [-0.25, -0.2) is 4.98 Å². The van der Waals surface area contributed by atoms with E-state index in [0.717, 1.165) is 44.1 Å². The van der Waals surface area contributed by atoms with Gasteiger partial charge in [-0.05, 0) is 19.1 Å². The lowest BCUT2D eigenvalue weighted by Gasteiger charge is -2.26. The molecule has 1 aromatic carbocycles. The van der Waals surface area contributed by atoms with E-state index >= 15 is 0 Å². The largest absolute Gasteiger partial charge is 0.440 e. The highest BCUT2D eigenvalue weighted by Gasteiger charge is 2.15. The number of hydrogen-bond acceptors (Lipinski definition) is 5. The minimum Gasteiger partial charge on any atom is -0.440 e. The van der Waals surface area contributed by atoms with Crippen LogP contribution in [0.4, 0.5) is 0 Å². The Balaban J connectivity index is 1.50. The summed E-state index contributed by atoms with van der Waals surface area (Å²) >= 11 is 0. The number of carbonyl (C=O) groups excluding carboxylic acids is 1. The van der Waals surface area contributed by atoms with Gasteiger partial charge in [-0.15, -0.1) is 0 Å². The highest BCUT2D eigenvalue weighted by molar-refractivity contribution is 5.78. The first kappa shape index (κ1) is 16.7. The quantitative estimate of drug-likeness (QED) is 0.873. The minimum atomic E-state index is -0.0397. The fraction of sp³-hybridized carbons (Fsp3) is 0.444. The number of aryl methyl sites for hydroxylation is 1. The Labute approximate surface area is 141 Å². The smallest absolute Gasteiger partial charge is 0.227 e. The monoisotopic (exact) mass is 329 g/mol. The minimum absolute atomic E-state index is 0.0397. The molecule has 6 heteroatoms. The summed E-state index contributed by atoms with van der Waals surface area (Å²) in [5, 5.41) is 2.95. The van der Waals surface area contributed by atoms with Gasteiger partial charge in [0.2, 0.25) is 11.8 Å². The molecule has 0 saturated carbocycles. The second-order valence-electron chi connectivity index (χ2n) is 5.87. The van der Waals surface area contributed by atoms with Crippen molar-refractivity contribution in [2.45, 2.75) is 13.3 Å². The Bertz CT molecular complexity index is 663. The highest BCUT2D eigenvalue weighted by Crippen LogP contribution is 2.21. The Morgan fingerprint density at radius 2 is 2.00 bits per heavy atom. The fourth-order valence-electron chi connectivity index (χ4n) is 2.68. The first-order valence-corrected chi connectivity index (χ1v) is 8.31. The van der Waals surface area contributed by atoms with E-state index in [1.165, 1.54) is 0 Å². The van der Waals surface area contributed by atoms with Crippen LogP contribution in [0.1, 0.15) is 11.5 Å². The van der Waals surface area contributed by atoms with Gasteiger partial charge < -0.3 is 14.5 Å². The number of nitrogens with one attached hydrogen (secondary N) is 1. The first-order chi connectivity index (χ1) is 11.7. The molecule has 24 heavy (non-hydrogen) atoms. The average Bonchev–Trinajstić information content (AvgIpc) is 2.97. The van der Waals surface area contributed by atoms with Crippen LogP contribution in [0.25, 0.3) is 11.5 Å². The van der Waals surface area contributed by atoms with Crippen LogP contribution in [0.15, 0.2) is 34.7 Å². The van der Waals surface area contributed by atoms with Gasteiger partial charge in [0.15, 0.2) is 0 Å². The zero-order chi connectivity index (χ0) is 16.8. The summed E-state index contributed by atoms with van der Waals surface area (Å²) in [5.41, 5.74) is 1.68. The van der Waals surface area contributed by atoms with E-state index < -0.39 is 0 Å². The van der Waals surface area contributed by atoms with Crippen LogP contribution in [0.2, 0.25) is 0 Å². The van der Waals surface area contributed by atoms with E-state index in [1.54, 1.807) is 0 Å². The van der Waals surface area contributed by atoms with Crippen molar-refractivity contribution in [1.82, 2.24) is 15.2 Å². The van der Waals surface area contributed by atoms with Crippen molar-refractivity contribution in [2.75, 3.05) is 39.4 Å². The third-order valence-corrected chi connectivity index (χ3v) is 4.09. The number of rotatable bonds is 6. The van der Waals surface area contributed by atoms with E-state index in [2.05, 4.69) is 15.2 Å². The Morgan fingerprint density at radius 3 is 2.75 bits per heavy atom. The van der Waals surface area contributed by atoms with E-state index in [1.807, 2.05) is 37.3 Å². The molecule has 2 heterocycles. The van der Waals surface area contributed by atoms with Crippen molar-refractivity contribution in [3.05, 3.63) is 41.8 Å². The van der Waals surface area contributed by atoms with Crippen LogP contribution in [0, 0.1) is 6.92 Å². The molecule has 2 aromatic rings. The number of ether oxygens (including phenoxy) is 1. The second kappa shape index (κ2) is 8.08. The maximum atomic E-state index is 12.1. The maximum absolute atomic E-state index is 12.1. The summed E-state index contributed by atoms with van der Waals surface area (Å²) in [6.07, 6.45) is 0.217. The van der Waals surface area contributed by atoms with E-state index in [0.29, 0.717) is 18.2 Å². The van der Waals surface area contributed by atoms with E-state index in [4.69, 9.17) is 9.15 Å². The molecule has 128 valence electrons. The SMILES string of the molecule is Cc1nc(-c2ccccc2)oc1CC(=O)NCCN1CCOCC1. The molecule has 1 fully saturated rings. The highest BCUT2D eigenvalue weighted by atomic mass is 16.5. The van der Waals surface area contributed by atoms with Gasteiger partial charge in [-0.2, -0.15) is 0 Å². The number of benzene rings is 1. The van der Waals surface area contributed by atoms with E-state index in [-0.39, 0.29) is 12.3 Å². The summed E-state index contributed by atoms with van der Waals surface area (Å²) in [5.74, 6) is 1.14. The average molecular weight is 329 g/mol. The van der Waals surface area contributed by atoms with Crippen LogP contribution in [0.3, 0.4) is 0 Å². The molecule has 0 bridgehead atoms. The van der Waals surface area contributed by atoms with Crippen molar-refractivity contribution in [1.29, 1.82) is 0 Å². The molecule has 1 N–H and O–H groups in total. The molecule has 1 aliphatic heterocycles. The molecular formula is C18H23N3O3. The lowest BCUT2D eigenvalue weighted by molar-refractivity contribution is -0.120. The maximum Gasteiger partial charge on any atom is 0.227 e. The van der Waals surface area contributed by atoms with Crippen LogP contribution >= 0.6 is 0 Å². The topological polar surface area (TPSA) is 67.6 Å². The fourth-order valence-corrected chi connectivity index (χ4v) is 2.68. The molecule has 0 atom stereocenters. The van der Waals surface area contributed by atoms with Crippen molar-refractivity contribution in [3.63, 3.8) is 0 Å². The lowest BCUT2D eigenvalue weighted by Crippen LogP contribution is -2.41. The molecule has 0 aliphatic carbocycles. The van der Waals surface area contributed by atoms with Crippen molar-refractivity contribution >= 4 is 5.91 Å². The summed E-state index contributed by atoms with van der Waals surface area (Å²) in [6.45, 7) is 6.75. The Kier molecular flexibility index (Phi) is 5.61. The van der Waals surface area contributed by atoms with Gasteiger partial charge in [0.05, 0.1) is 25.3 Å². The number of aromatic nitrogens is 1. The molecule has 0 unspecified atom stereocenters. The number of morpholine rings is 1. The van der Waals surface area contributed by atoms with Gasteiger partial charge in [0.1, 0.15) is 5.76 Å². The predicted octanol–water partition coefficient (Wildman–Crippen LogP) is 1.64. The van der Waals surface area contributed by atoms with Crippen molar-refractivity contribution < 1.29 is 13.9 Å². The summed E-state index contributed by atoms with van der Waals surface area (Å²) in [7, 11) is 0. The van der Waals surface area contributed by atoms with Gasteiger partial charge >= 0.3 is 0 Å². The number of carbonyl (C=O) groups is 1. The Hall–Kier alpha value is -2.18. The number of oxazole rings is 1. The van der Waals surface area contributed by atoms with Gasteiger partial charge in [-0.3, -0.25) is 9.69 Å². The summed E-state index contributed by atoms with van der Waals surface area (Å²) in [6, 6.07) is 9.71. The molecule has 1 saturated heterocycles. The van der Waals surface area contributed by atoms with Crippen LogP contribution < -0.4 is 5.32 Å². The normalized spacial score (nSPS) is 15.4. The Morgan fingerprint density at radius 1 is 1.25 bits per heavy atom. The molecule has 0 spiro atoms. The first-order valence-electron chi connectivity index (χ1n) is 8.31. The van der Waals surface area contributed by atoms with Crippen LogP contribution in [-0.2, 0) is 16.0 Å². The predicted molar refractivity (Wildman–Crippen MR) is 90.6 cm³/mol. The number of nitrogens with zero attached hydrogens (tertiary/aromatic N) is 2. The molecule has 3 rings (SSSR count). The van der Waals surface area contributed by atoms with Crippen LogP contribution in [-0.4, -0.2) is 55.2 Å². The van der Waals surface area contributed by atoms with Crippen LogP contribution in [0.5, 0.6) is 0 Å². The number of hydrogen-bond donors (Lipinski definition) is 1. The summed E-state index contributed by atoms with van der Waals surface area (Å²) < 4.78 is 11.1. The molecule has 0 radical (unpaired) electrons. The van der Waals surface area contributed by atoms with E-state index in [9.17, 15) is 4.79 Å². The summed E-state index contributed by atoms with van der Waals surface area (Å²) in [4.78, 5) is 18.8. The second-order valence-corrected chi connectivity index (χ2v) is 5.87. The zero-order valence-electron chi connectivity index (χ0n) is 14.0. The van der Waals surface area contributed by atoms with Gasteiger partial charge in [-0.1, -0.05) is 18.2 Å². The molecule has 6 nitrogen and oxygen atoms in total. The van der Waals surface area contributed by atoms with Gasteiger partial charge in [0.25, 0.3) is 0 Å². The van der Waals surface area contributed by atoms with Crippen molar-refractivity contribution in [2.24, 2.45) is 0 Å². The molecular weight excluding hydrogens is 306 g/mol. The van der Waals surface area contributed by atoms with Gasteiger partial charge in [0, 0.05) is 31.7 Å². The molecule has 1 amide bonds. The standard InChI is InChI=1S/C18H23N3O3/c1-14-16(24-18(20-14)15-5-3-2-4-6-15)13-17(22)19-7-8-21-9-11-23-12-10-21/h2-6H,7-13H2,1H3,(H,19,22). The third kappa shape index (κ3) is 4.43.